The highest BCUT2D eigenvalue weighted by Crippen LogP contribution is 2.15. The molecular formula is C11H13N2O+. The summed E-state index contributed by atoms with van der Waals surface area (Å²) in [6.45, 7) is 2.21. The molecule has 1 saturated heterocycles. The molecule has 72 valence electrons. The maximum atomic E-state index is 8.81. The van der Waals surface area contributed by atoms with Crippen LogP contribution >= 0.6 is 0 Å². The lowest BCUT2D eigenvalue weighted by molar-refractivity contribution is -0.847. The van der Waals surface area contributed by atoms with Crippen LogP contribution in [0.5, 0.6) is 0 Å². The minimum Gasteiger partial charge on any atom is -0.362 e. The molecule has 0 bridgehead atoms. The van der Waals surface area contributed by atoms with E-state index in [9.17, 15) is 0 Å². The average Bonchev–Trinajstić information content (AvgIpc) is 2.30. The first-order valence-corrected chi connectivity index (χ1v) is 4.81. The van der Waals surface area contributed by atoms with Crippen LogP contribution in [0, 0.1) is 11.5 Å². The van der Waals surface area contributed by atoms with Crippen molar-refractivity contribution in [1.82, 2.24) is 0 Å². The van der Waals surface area contributed by atoms with Gasteiger partial charge >= 0.3 is 6.19 Å². The van der Waals surface area contributed by atoms with Crippen LogP contribution in [0.4, 0.5) is 0 Å². The van der Waals surface area contributed by atoms with Crippen molar-refractivity contribution in [3.63, 3.8) is 0 Å². The van der Waals surface area contributed by atoms with Crippen molar-refractivity contribution in [1.29, 1.82) is 5.26 Å². The number of quaternary nitrogens is 1. The summed E-state index contributed by atoms with van der Waals surface area (Å²) < 4.78 is 5.62. The summed E-state index contributed by atoms with van der Waals surface area (Å²) in [4.78, 5) is 0.949. The molecule has 1 aliphatic heterocycles. The SMILES string of the molecule is N#C[NH+]1CCOC(c2ccccc2)C1. The fourth-order valence-electron chi connectivity index (χ4n) is 1.69. The van der Waals surface area contributed by atoms with Crippen molar-refractivity contribution < 1.29 is 9.64 Å². The molecule has 1 aromatic carbocycles. The van der Waals surface area contributed by atoms with E-state index < -0.39 is 0 Å². The Balaban J connectivity index is 2.09. The van der Waals surface area contributed by atoms with Crippen LogP contribution in [-0.2, 0) is 4.74 Å². The van der Waals surface area contributed by atoms with Gasteiger partial charge in [0, 0.05) is 0 Å². The number of benzene rings is 1. The highest BCUT2D eigenvalue weighted by Gasteiger charge is 2.24. The summed E-state index contributed by atoms with van der Waals surface area (Å²) in [7, 11) is 0. The van der Waals surface area contributed by atoms with Gasteiger partial charge in [0.05, 0.1) is 6.61 Å². The van der Waals surface area contributed by atoms with Crippen molar-refractivity contribution in [2.45, 2.75) is 6.10 Å². The van der Waals surface area contributed by atoms with E-state index in [2.05, 4.69) is 6.19 Å². The van der Waals surface area contributed by atoms with Crippen molar-refractivity contribution in [2.24, 2.45) is 0 Å². The van der Waals surface area contributed by atoms with Gasteiger partial charge in [-0.2, -0.15) is 0 Å². The molecule has 1 aliphatic rings. The topological polar surface area (TPSA) is 37.5 Å². The number of rotatable bonds is 1. The van der Waals surface area contributed by atoms with Gasteiger partial charge in [-0.05, 0) is 5.56 Å². The van der Waals surface area contributed by atoms with Gasteiger partial charge in [0.1, 0.15) is 19.2 Å². The Morgan fingerprint density at radius 1 is 1.36 bits per heavy atom. The van der Waals surface area contributed by atoms with Gasteiger partial charge in [-0.15, -0.1) is 5.26 Å². The predicted molar refractivity (Wildman–Crippen MR) is 51.4 cm³/mol. The number of morpholine rings is 1. The van der Waals surface area contributed by atoms with E-state index >= 15 is 0 Å². The first-order valence-electron chi connectivity index (χ1n) is 4.81. The summed E-state index contributed by atoms with van der Waals surface area (Å²) in [6, 6.07) is 10.1. The van der Waals surface area contributed by atoms with Crippen LogP contribution in [0.1, 0.15) is 11.7 Å². The van der Waals surface area contributed by atoms with Crippen LogP contribution in [0.15, 0.2) is 30.3 Å². The minimum absolute atomic E-state index is 0.0830. The molecule has 0 aromatic heterocycles. The maximum Gasteiger partial charge on any atom is 0.306 e. The molecule has 0 saturated carbocycles. The Morgan fingerprint density at radius 2 is 2.14 bits per heavy atom. The summed E-state index contributed by atoms with van der Waals surface area (Å²) in [6.07, 6.45) is 2.32. The van der Waals surface area contributed by atoms with Crippen LogP contribution < -0.4 is 4.90 Å². The second-order valence-electron chi connectivity index (χ2n) is 3.44. The van der Waals surface area contributed by atoms with Crippen molar-refractivity contribution in [3.8, 4) is 6.19 Å². The standard InChI is InChI=1S/C11H12N2O/c12-9-13-6-7-14-11(8-13)10-4-2-1-3-5-10/h1-5,11H,6-8H2/p+1. The fourth-order valence-corrected chi connectivity index (χ4v) is 1.69. The lowest BCUT2D eigenvalue weighted by Crippen LogP contribution is -3.10. The lowest BCUT2D eigenvalue weighted by atomic mass is 10.1. The third-order valence-electron chi connectivity index (χ3n) is 2.48. The number of nitriles is 1. The van der Waals surface area contributed by atoms with Gasteiger partial charge in [-0.1, -0.05) is 30.3 Å². The largest absolute Gasteiger partial charge is 0.362 e. The number of nitrogens with one attached hydrogen (secondary N) is 1. The number of hydrogen-bond acceptors (Lipinski definition) is 2. The molecule has 0 aliphatic carbocycles. The zero-order chi connectivity index (χ0) is 9.80. The van der Waals surface area contributed by atoms with E-state index in [0.717, 1.165) is 18.0 Å². The van der Waals surface area contributed by atoms with E-state index in [-0.39, 0.29) is 6.10 Å². The maximum absolute atomic E-state index is 8.81. The van der Waals surface area contributed by atoms with Crippen LogP contribution in [0.2, 0.25) is 0 Å². The normalized spacial score (nSPS) is 26.8. The predicted octanol–water partition coefficient (Wildman–Crippen LogP) is 0.124. The van der Waals surface area contributed by atoms with Crippen LogP contribution in [-0.4, -0.2) is 19.7 Å². The van der Waals surface area contributed by atoms with E-state index in [4.69, 9.17) is 10.00 Å². The van der Waals surface area contributed by atoms with E-state index in [1.54, 1.807) is 0 Å². The molecular weight excluding hydrogens is 176 g/mol. The van der Waals surface area contributed by atoms with Crippen LogP contribution in [0.3, 0.4) is 0 Å². The molecule has 2 atom stereocenters. The smallest absolute Gasteiger partial charge is 0.306 e. The second kappa shape index (κ2) is 4.23. The van der Waals surface area contributed by atoms with Gasteiger partial charge < -0.3 is 4.74 Å². The molecule has 3 nitrogen and oxygen atoms in total. The van der Waals surface area contributed by atoms with Gasteiger partial charge in [0.2, 0.25) is 0 Å². The molecule has 0 amide bonds. The molecule has 0 spiro atoms. The Morgan fingerprint density at radius 3 is 2.86 bits per heavy atom. The number of nitrogens with zero attached hydrogens (tertiary/aromatic N) is 1. The van der Waals surface area contributed by atoms with Gasteiger partial charge in [-0.25, -0.2) is 4.90 Å². The van der Waals surface area contributed by atoms with E-state index in [1.165, 1.54) is 5.56 Å². The molecule has 1 aromatic rings. The molecule has 2 rings (SSSR count). The lowest BCUT2D eigenvalue weighted by Gasteiger charge is -2.25. The van der Waals surface area contributed by atoms with E-state index in [0.29, 0.717) is 6.61 Å². The zero-order valence-corrected chi connectivity index (χ0v) is 7.94. The summed E-state index contributed by atoms with van der Waals surface area (Å²) in [5.41, 5.74) is 1.17. The van der Waals surface area contributed by atoms with Gasteiger partial charge in [-0.3, -0.25) is 0 Å². The molecule has 1 heterocycles. The first-order chi connectivity index (χ1) is 6.90. The zero-order valence-electron chi connectivity index (χ0n) is 7.94. The summed E-state index contributed by atoms with van der Waals surface area (Å²) >= 11 is 0. The highest BCUT2D eigenvalue weighted by atomic mass is 16.5. The Labute approximate surface area is 83.5 Å². The fraction of sp³-hybridized carbons (Fsp3) is 0.364. The van der Waals surface area contributed by atoms with Gasteiger partial charge in [0.15, 0.2) is 0 Å². The molecule has 0 radical (unpaired) electrons. The third-order valence-corrected chi connectivity index (χ3v) is 2.48. The molecule has 1 fully saturated rings. The average molecular weight is 189 g/mol. The van der Waals surface area contributed by atoms with Crippen molar-refractivity contribution in [3.05, 3.63) is 35.9 Å². The molecule has 1 N–H and O–H groups in total. The summed E-state index contributed by atoms with van der Waals surface area (Å²) in [5.74, 6) is 0. The van der Waals surface area contributed by atoms with Gasteiger partial charge in [0.25, 0.3) is 0 Å². The molecule has 3 heteroatoms. The molecule has 2 unspecified atom stereocenters. The Hall–Kier alpha value is -1.37. The van der Waals surface area contributed by atoms with E-state index in [1.807, 2.05) is 30.3 Å². The highest BCUT2D eigenvalue weighted by molar-refractivity contribution is 5.17. The minimum atomic E-state index is 0.0830. The summed E-state index contributed by atoms with van der Waals surface area (Å²) in [5, 5.41) is 8.81. The third kappa shape index (κ3) is 1.92. The number of ether oxygens (including phenoxy) is 1. The first kappa shape index (κ1) is 9.20. The Bertz CT molecular complexity index is 331. The Kier molecular flexibility index (Phi) is 2.78. The van der Waals surface area contributed by atoms with Crippen molar-refractivity contribution >= 4 is 0 Å². The monoisotopic (exact) mass is 189 g/mol. The second-order valence-corrected chi connectivity index (χ2v) is 3.44. The quantitative estimate of drug-likeness (QED) is 0.637. The van der Waals surface area contributed by atoms with Crippen LogP contribution in [0.25, 0.3) is 0 Å². The molecule has 14 heavy (non-hydrogen) atoms. The number of hydrogen-bond donors (Lipinski definition) is 1. The van der Waals surface area contributed by atoms with Crippen molar-refractivity contribution in [2.75, 3.05) is 19.7 Å².